The number of aliphatic carboxylic acids is 1. The number of hydrogen-bond donors (Lipinski definition) is 1. The van der Waals surface area contributed by atoms with Crippen LogP contribution in [0.1, 0.15) is 48.8 Å². The number of nitrogens with zero attached hydrogens (tertiary/aromatic N) is 2. The van der Waals surface area contributed by atoms with Crippen molar-refractivity contribution in [1.82, 2.24) is 9.88 Å². The molecule has 1 heterocycles. The fourth-order valence-electron chi connectivity index (χ4n) is 2.16. The highest BCUT2D eigenvalue weighted by molar-refractivity contribution is 7.10. The highest BCUT2D eigenvalue weighted by Gasteiger charge is 2.29. The van der Waals surface area contributed by atoms with E-state index in [-0.39, 0.29) is 17.9 Å². The van der Waals surface area contributed by atoms with Crippen molar-refractivity contribution in [2.75, 3.05) is 0 Å². The van der Waals surface area contributed by atoms with Crippen molar-refractivity contribution >= 4 is 23.2 Å². The van der Waals surface area contributed by atoms with E-state index in [1.54, 1.807) is 5.38 Å². The number of benzene rings is 1. The molecule has 1 aromatic carbocycles. The van der Waals surface area contributed by atoms with Crippen molar-refractivity contribution in [2.45, 2.75) is 45.7 Å². The SMILES string of the molecule is CC(C(=O)O)N(Cc1ccccc1)C(=O)c1csc(C(C)(C)C)n1. The minimum Gasteiger partial charge on any atom is -0.480 e. The van der Waals surface area contributed by atoms with E-state index in [9.17, 15) is 14.7 Å². The molecule has 0 aliphatic rings. The van der Waals surface area contributed by atoms with Gasteiger partial charge in [-0.2, -0.15) is 0 Å². The van der Waals surface area contributed by atoms with Crippen LogP contribution in [0.15, 0.2) is 35.7 Å². The molecule has 128 valence electrons. The van der Waals surface area contributed by atoms with E-state index in [4.69, 9.17) is 0 Å². The van der Waals surface area contributed by atoms with E-state index >= 15 is 0 Å². The maximum absolute atomic E-state index is 12.8. The molecular formula is C18H22N2O3S. The summed E-state index contributed by atoms with van der Waals surface area (Å²) in [4.78, 5) is 30.0. The first kappa shape index (κ1) is 18.1. The molecule has 1 aromatic heterocycles. The Morgan fingerprint density at radius 3 is 2.38 bits per heavy atom. The van der Waals surface area contributed by atoms with Crippen LogP contribution in [0.5, 0.6) is 0 Å². The second-order valence-electron chi connectivity index (χ2n) is 6.72. The molecule has 2 rings (SSSR count). The molecule has 0 aliphatic heterocycles. The normalized spacial score (nSPS) is 12.7. The Bertz CT molecular complexity index is 719. The number of aromatic nitrogens is 1. The molecule has 0 spiro atoms. The number of carbonyl (C=O) groups excluding carboxylic acids is 1. The summed E-state index contributed by atoms with van der Waals surface area (Å²) in [5.41, 5.74) is 1.03. The van der Waals surface area contributed by atoms with Crippen LogP contribution in [0.25, 0.3) is 0 Å². The molecular weight excluding hydrogens is 324 g/mol. The molecule has 1 amide bonds. The molecule has 6 heteroatoms. The number of carbonyl (C=O) groups is 2. The van der Waals surface area contributed by atoms with E-state index in [0.29, 0.717) is 5.69 Å². The van der Waals surface area contributed by atoms with Crippen LogP contribution in [-0.2, 0) is 16.8 Å². The standard InChI is InChI=1S/C18H22N2O3S/c1-12(16(22)23)20(10-13-8-6-5-7-9-13)15(21)14-11-24-17(19-14)18(2,3)4/h5-9,11-12H,10H2,1-4H3,(H,22,23). The Kier molecular flexibility index (Phi) is 5.39. The number of carboxylic acids is 1. The van der Waals surface area contributed by atoms with E-state index in [1.165, 1.54) is 23.2 Å². The van der Waals surface area contributed by atoms with Crippen LogP contribution in [0.3, 0.4) is 0 Å². The molecule has 24 heavy (non-hydrogen) atoms. The molecule has 0 fully saturated rings. The number of carboxylic acid groups (broad SMARTS) is 1. The summed E-state index contributed by atoms with van der Waals surface area (Å²) >= 11 is 1.42. The van der Waals surface area contributed by atoms with Gasteiger partial charge in [-0.05, 0) is 12.5 Å². The summed E-state index contributed by atoms with van der Waals surface area (Å²) in [6, 6.07) is 8.42. The van der Waals surface area contributed by atoms with Crippen LogP contribution in [0.2, 0.25) is 0 Å². The summed E-state index contributed by atoms with van der Waals surface area (Å²) < 4.78 is 0. The minimum atomic E-state index is -1.04. The van der Waals surface area contributed by atoms with Crippen molar-refractivity contribution in [3.05, 3.63) is 52.0 Å². The fourth-order valence-corrected chi connectivity index (χ4v) is 3.04. The van der Waals surface area contributed by atoms with E-state index < -0.39 is 12.0 Å². The third-order valence-electron chi connectivity index (χ3n) is 3.65. The average molecular weight is 346 g/mol. The summed E-state index contributed by atoms with van der Waals surface area (Å²) in [6.07, 6.45) is 0. The van der Waals surface area contributed by atoms with Crippen molar-refractivity contribution < 1.29 is 14.7 Å². The van der Waals surface area contributed by atoms with Crippen molar-refractivity contribution in [3.8, 4) is 0 Å². The molecule has 1 unspecified atom stereocenters. The Labute approximate surface area is 146 Å². The summed E-state index contributed by atoms with van der Waals surface area (Å²) in [5.74, 6) is -1.40. The summed E-state index contributed by atoms with van der Waals surface area (Å²) in [6.45, 7) is 7.83. The first-order chi connectivity index (χ1) is 11.2. The van der Waals surface area contributed by atoms with E-state index in [0.717, 1.165) is 10.6 Å². The van der Waals surface area contributed by atoms with Crippen molar-refractivity contribution in [1.29, 1.82) is 0 Å². The topological polar surface area (TPSA) is 70.5 Å². The number of hydrogen-bond acceptors (Lipinski definition) is 4. The number of rotatable bonds is 5. The molecule has 0 saturated heterocycles. The van der Waals surface area contributed by atoms with Gasteiger partial charge >= 0.3 is 5.97 Å². The van der Waals surface area contributed by atoms with E-state index in [1.807, 2.05) is 51.1 Å². The smallest absolute Gasteiger partial charge is 0.326 e. The van der Waals surface area contributed by atoms with Crippen molar-refractivity contribution in [3.63, 3.8) is 0 Å². The van der Waals surface area contributed by atoms with Gasteiger partial charge in [-0.1, -0.05) is 51.1 Å². The van der Waals surface area contributed by atoms with Gasteiger partial charge in [0.1, 0.15) is 11.7 Å². The second kappa shape index (κ2) is 7.13. The zero-order chi connectivity index (χ0) is 17.9. The van der Waals surface area contributed by atoms with Crippen LogP contribution < -0.4 is 0 Å². The first-order valence-electron chi connectivity index (χ1n) is 7.74. The monoisotopic (exact) mass is 346 g/mol. The molecule has 0 aliphatic carbocycles. The van der Waals surface area contributed by atoms with Gasteiger partial charge in [0.15, 0.2) is 0 Å². The van der Waals surface area contributed by atoms with Gasteiger partial charge in [0.05, 0.1) is 5.01 Å². The first-order valence-corrected chi connectivity index (χ1v) is 8.62. The second-order valence-corrected chi connectivity index (χ2v) is 7.58. The zero-order valence-electron chi connectivity index (χ0n) is 14.3. The highest BCUT2D eigenvalue weighted by Crippen LogP contribution is 2.26. The largest absolute Gasteiger partial charge is 0.480 e. The highest BCUT2D eigenvalue weighted by atomic mass is 32.1. The molecule has 5 nitrogen and oxygen atoms in total. The molecule has 1 atom stereocenters. The summed E-state index contributed by atoms with van der Waals surface area (Å²) in [7, 11) is 0. The van der Waals surface area contributed by atoms with Gasteiger partial charge in [0.25, 0.3) is 5.91 Å². The van der Waals surface area contributed by atoms with Gasteiger partial charge < -0.3 is 10.0 Å². The Morgan fingerprint density at radius 1 is 1.25 bits per heavy atom. The maximum Gasteiger partial charge on any atom is 0.326 e. The molecule has 0 radical (unpaired) electrons. The molecule has 1 N–H and O–H groups in total. The predicted octanol–water partition coefficient (Wildman–Crippen LogP) is 3.56. The Morgan fingerprint density at radius 2 is 1.88 bits per heavy atom. The lowest BCUT2D eigenvalue weighted by molar-refractivity contribution is -0.141. The predicted molar refractivity (Wildman–Crippen MR) is 94.2 cm³/mol. The number of amides is 1. The number of thiazole rings is 1. The Hall–Kier alpha value is -2.21. The lowest BCUT2D eigenvalue weighted by Gasteiger charge is -2.26. The van der Waals surface area contributed by atoms with Gasteiger partial charge in [0, 0.05) is 17.3 Å². The molecule has 0 saturated carbocycles. The lowest BCUT2D eigenvalue weighted by atomic mass is 9.98. The quantitative estimate of drug-likeness (QED) is 0.899. The lowest BCUT2D eigenvalue weighted by Crippen LogP contribution is -2.42. The van der Waals surface area contributed by atoms with E-state index in [2.05, 4.69) is 4.98 Å². The van der Waals surface area contributed by atoms with Gasteiger partial charge in [0.2, 0.25) is 0 Å². The molecule has 0 bridgehead atoms. The van der Waals surface area contributed by atoms with Crippen LogP contribution >= 0.6 is 11.3 Å². The maximum atomic E-state index is 12.8. The van der Waals surface area contributed by atoms with Gasteiger partial charge in [-0.15, -0.1) is 11.3 Å². The van der Waals surface area contributed by atoms with Crippen LogP contribution in [-0.4, -0.2) is 32.9 Å². The third-order valence-corrected chi connectivity index (χ3v) is 4.91. The van der Waals surface area contributed by atoms with Crippen molar-refractivity contribution in [2.24, 2.45) is 0 Å². The fraction of sp³-hybridized carbons (Fsp3) is 0.389. The average Bonchev–Trinajstić information content (AvgIpc) is 3.02. The third kappa shape index (κ3) is 4.20. The van der Waals surface area contributed by atoms with Gasteiger partial charge in [-0.25, -0.2) is 9.78 Å². The van der Waals surface area contributed by atoms with Gasteiger partial charge in [-0.3, -0.25) is 4.79 Å². The molecule has 2 aromatic rings. The van der Waals surface area contributed by atoms with Crippen LogP contribution in [0, 0.1) is 0 Å². The Balaban J connectivity index is 2.30. The summed E-state index contributed by atoms with van der Waals surface area (Å²) in [5, 5.41) is 11.9. The minimum absolute atomic E-state index is 0.147. The van der Waals surface area contributed by atoms with Crippen LogP contribution in [0.4, 0.5) is 0 Å². The zero-order valence-corrected chi connectivity index (χ0v) is 15.1.